The van der Waals surface area contributed by atoms with Crippen LogP contribution in [0.15, 0.2) is 24.7 Å². The van der Waals surface area contributed by atoms with Gasteiger partial charge in [-0.15, -0.1) is 0 Å². The Hall–Kier alpha value is -2.64. The summed E-state index contributed by atoms with van der Waals surface area (Å²) in [6.07, 6.45) is 6.56. The van der Waals surface area contributed by atoms with Gasteiger partial charge in [0, 0.05) is 37.0 Å². The molecule has 1 aliphatic heterocycles. The molecule has 3 heterocycles. The quantitative estimate of drug-likeness (QED) is 0.859. The van der Waals surface area contributed by atoms with E-state index < -0.39 is 0 Å². The second-order valence-electron chi connectivity index (χ2n) is 5.39. The van der Waals surface area contributed by atoms with E-state index in [0.717, 1.165) is 12.1 Å². The molecule has 0 aliphatic carbocycles. The zero-order valence-electron chi connectivity index (χ0n) is 13.2. The number of aryl methyl sites for hydroxylation is 1. The Morgan fingerprint density at radius 3 is 3.13 bits per heavy atom. The minimum Gasteiger partial charge on any atom is -0.481 e. The molecule has 0 aromatic carbocycles. The van der Waals surface area contributed by atoms with E-state index in [9.17, 15) is 4.79 Å². The predicted molar refractivity (Wildman–Crippen MR) is 84.0 cm³/mol. The van der Waals surface area contributed by atoms with Gasteiger partial charge in [0.2, 0.25) is 17.7 Å². The maximum atomic E-state index is 11.8. The van der Waals surface area contributed by atoms with Crippen molar-refractivity contribution < 1.29 is 9.53 Å². The molecule has 3 rings (SSSR count). The highest BCUT2D eigenvalue weighted by Gasteiger charge is 2.31. The van der Waals surface area contributed by atoms with Crippen molar-refractivity contribution in [1.29, 1.82) is 0 Å². The number of nitrogens with one attached hydrogen (secondary N) is 2. The third-order valence-corrected chi connectivity index (χ3v) is 3.89. The molecule has 1 aliphatic rings. The minimum atomic E-state index is -0.161. The topological polar surface area (TPSA) is 94.0 Å². The van der Waals surface area contributed by atoms with Crippen molar-refractivity contribution >= 4 is 11.9 Å². The van der Waals surface area contributed by atoms with E-state index in [1.165, 1.54) is 0 Å². The summed E-state index contributed by atoms with van der Waals surface area (Å²) in [5.41, 5.74) is 0.972. The number of amides is 1. The standard InChI is InChI=1S/C15H20N6O2/c1-3-21-9-10(8-17-21)14-11(4-5-12(22)19-14)18-15-16-7-6-13(20-15)23-2/h6-9,11,14H,3-5H2,1-2H3,(H,19,22)(H,16,18,20)/t11-,14+/m1/s1. The number of aromatic nitrogens is 4. The Morgan fingerprint density at radius 2 is 2.39 bits per heavy atom. The minimum absolute atomic E-state index is 0.00527. The van der Waals surface area contributed by atoms with Crippen molar-refractivity contribution in [3.05, 3.63) is 30.2 Å². The first-order valence-electron chi connectivity index (χ1n) is 7.65. The lowest BCUT2D eigenvalue weighted by atomic mass is 9.94. The van der Waals surface area contributed by atoms with Crippen molar-refractivity contribution in [1.82, 2.24) is 25.1 Å². The molecule has 2 atom stereocenters. The molecule has 23 heavy (non-hydrogen) atoms. The van der Waals surface area contributed by atoms with Gasteiger partial charge in [-0.1, -0.05) is 0 Å². The van der Waals surface area contributed by atoms with Crippen LogP contribution in [-0.4, -0.2) is 38.8 Å². The van der Waals surface area contributed by atoms with Gasteiger partial charge in [-0.25, -0.2) is 4.98 Å². The van der Waals surface area contributed by atoms with Gasteiger partial charge in [0.15, 0.2) is 0 Å². The Balaban J connectivity index is 1.81. The molecule has 0 radical (unpaired) electrons. The molecule has 1 amide bonds. The van der Waals surface area contributed by atoms with Crippen LogP contribution in [0.2, 0.25) is 0 Å². The van der Waals surface area contributed by atoms with Crippen molar-refractivity contribution in [3.63, 3.8) is 0 Å². The lowest BCUT2D eigenvalue weighted by molar-refractivity contribution is -0.123. The third kappa shape index (κ3) is 3.41. The number of ether oxygens (including phenoxy) is 1. The summed E-state index contributed by atoms with van der Waals surface area (Å²) >= 11 is 0. The van der Waals surface area contributed by atoms with E-state index in [1.54, 1.807) is 25.6 Å². The number of nitrogens with zero attached hydrogens (tertiary/aromatic N) is 4. The number of carbonyl (C=O) groups excluding carboxylic acids is 1. The maximum absolute atomic E-state index is 11.8. The largest absolute Gasteiger partial charge is 0.481 e. The summed E-state index contributed by atoms with van der Waals surface area (Å²) in [6, 6.07) is 1.53. The number of piperidine rings is 1. The van der Waals surface area contributed by atoms with E-state index in [-0.39, 0.29) is 18.0 Å². The highest BCUT2D eigenvalue weighted by Crippen LogP contribution is 2.26. The first-order chi connectivity index (χ1) is 11.2. The monoisotopic (exact) mass is 316 g/mol. The molecule has 0 bridgehead atoms. The summed E-state index contributed by atoms with van der Waals surface area (Å²) in [6.45, 7) is 2.81. The summed E-state index contributed by atoms with van der Waals surface area (Å²) in [5.74, 6) is 1.03. The highest BCUT2D eigenvalue weighted by molar-refractivity contribution is 5.77. The van der Waals surface area contributed by atoms with Crippen molar-refractivity contribution in [2.45, 2.75) is 38.4 Å². The Bertz CT molecular complexity index is 686. The Kier molecular flexibility index (Phi) is 4.40. The molecule has 2 aromatic heterocycles. The maximum Gasteiger partial charge on any atom is 0.226 e. The highest BCUT2D eigenvalue weighted by atomic mass is 16.5. The van der Waals surface area contributed by atoms with Crippen LogP contribution >= 0.6 is 0 Å². The van der Waals surface area contributed by atoms with E-state index in [0.29, 0.717) is 24.7 Å². The van der Waals surface area contributed by atoms with E-state index in [4.69, 9.17) is 4.74 Å². The molecule has 8 nitrogen and oxygen atoms in total. The number of hydrogen-bond acceptors (Lipinski definition) is 6. The summed E-state index contributed by atoms with van der Waals surface area (Å²) in [5, 5.41) is 10.6. The molecule has 2 aromatic rings. The molecule has 1 fully saturated rings. The van der Waals surface area contributed by atoms with E-state index >= 15 is 0 Å². The molecule has 0 spiro atoms. The fourth-order valence-electron chi connectivity index (χ4n) is 2.67. The molecular weight excluding hydrogens is 296 g/mol. The molecular formula is C15H20N6O2. The van der Waals surface area contributed by atoms with Crippen LogP contribution in [0.3, 0.4) is 0 Å². The Morgan fingerprint density at radius 1 is 1.52 bits per heavy atom. The van der Waals surface area contributed by atoms with Crippen LogP contribution in [-0.2, 0) is 11.3 Å². The van der Waals surface area contributed by atoms with Crippen LogP contribution in [0.1, 0.15) is 31.4 Å². The van der Waals surface area contributed by atoms with Gasteiger partial charge in [0.25, 0.3) is 0 Å². The van der Waals surface area contributed by atoms with Gasteiger partial charge >= 0.3 is 0 Å². The van der Waals surface area contributed by atoms with Gasteiger partial charge in [0.05, 0.1) is 25.4 Å². The average Bonchev–Trinajstić information content (AvgIpc) is 3.05. The fourth-order valence-corrected chi connectivity index (χ4v) is 2.67. The molecule has 0 saturated carbocycles. The first-order valence-corrected chi connectivity index (χ1v) is 7.65. The van der Waals surface area contributed by atoms with Crippen LogP contribution in [0.25, 0.3) is 0 Å². The fraction of sp³-hybridized carbons (Fsp3) is 0.467. The van der Waals surface area contributed by atoms with Gasteiger partial charge in [-0.3, -0.25) is 9.48 Å². The van der Waals surface area contributed by atoms with Crippen molar-refractivity contribution in [2.24, 2.45) is 0 Å². The lowest BCUT2D eigenvalue weighted by Gasteiger charge is -2.32. The smallest absolute Gasteiger partial charge is 0.226 e. The van der Waals surface area contributed by atoms with Crippen LogP contribution in [0.4, 0.5) is 5.95 Å². The summed E-state index contributed by atoms with van der Waals surface area (Å²) in [7, 11) is 1.56. The normalized spacial score (nSPS) is 20.9. The summed E-state index contributed by atoms with van der Waals surface area (Å²) in [4.78, 5) is 20.3. The number of methoxy groups -OCH3 is 1. The molecule has 8 heteroatoms. The second-order valence-corrected chi connectivity index (χ2v) is 5.39. The molecule has 2 N–H and O–H groups in total. The van der Waals surface area contributed by atoms with Gasteiger partial charge in [0.1, 0.15) is 0 Å². The lowest BCUT2D eigenvalue weighted by Crippen LogP contribution is -2.45. The van der Waals surface area contributed by atoms with Gasteiger partial charge < -0.3 is 15.4 Å². The second kappa shape index (κ2) is 6.64. The SMILES string of the molecule is CCn1cc([C@@H]2NC(=O)CC[C@H]2Nc2nccc(OC)n2)cn1. The number of carbonyl (C=O) groups is 1. The first kappa shape index (κ1) is 15.3. The predicted octanol–water partition coefficient (Wildman–Crippen LogP) is 1.13. The number of rotatable bonds is 5. The third-order valence-electron chi connectivity index (χ3n) is 3.89. The molecule has 0 unspecified atom stereocenters. The number of hydrogen-bond donors (Lipinski definition) is 2. The van der Waals surface area contributed by atoms with Crippen LogP contribution < -0.4 is 15.4 Å². The van der Waals surface area contributed by atoms with Crippen molar-refractivity contribution in [2.75, 3.05) is 12.4 Å². The van der Waals surface area contributed by atoms with Crippen LogP contribution in [0.5, 0.6) is 5.88 Å². The number of anilines is 1. The van der Waals surface area contributed by atoms with Gasteiger partial charge in [-0.05, 0) is 13.3 Å². The average molecular weight is 316 g/mol. The molecule has 1 saturated heterocycles. The van der Waals surface area contributed by atoms with Crippen molar-refractivity contribution in [3.8, 4) is 5.88 Å². The van der Waals surface area contributed by atoms with Crippen LogP contribution in [0, 0.1) is 0 Å². The Labute approximate surface area is 134 Å². The van der Waals surface area contributed by atoms with Gasteiger partial charge in [-0.2, -0.15) is 10.1 Å². The van der Waals surface area contributed by atoms with E-state index in [2.05, 4.69) is 25.7 Å². The zero-order valence-corrected chi connectivity index (χ0v) is 13.2. The zero-order chi connectivity index (χ0) is 16.2. The van der Waals surface area contributed by atoms with E-state index in [1.807, 2.05) is 17.8 Å². The summed E-state index contributed by atoms with van der Waals surface area (Å²) < 4.78 is 6.96. The molecule has 122 valence electrons.